The van der Waals surface area contributed by atoms with Gasteiger partial charge < -0.3 is 0 Å². The van der Waals surface area contributed by atoms with E-state index in [0.717, 1.165) is 5.92 Å². The van der Waals surface area contributed by atoms with Crippen LogP contribution in [-0.4, -0.2) is 0 Å². The molecule has 23 heavy (non-hydrogen) atoms. The van der Waals surface area contributed by atoms with Gasteiger partial charge in [-0.2, -0.15) is 0 Å². The van der Waals surface area contributed by atoms with Crippen LogP contribution >= 0.6 is 0 Å². The average molecular weight is 323 g/mol. The van der Waals surface area contributed by atoms with Gasteiger partial charge >= 0.3 is 0 Å². The van der Waals surface area contributed by atoms with E-state index >= 15 is 0 Å². The van der Waals surface area contributed by atoms with Gasteiger partial charge in [-0.3, -0.25) is 0 Å². The first-order valence-corrected chi connectivity index (χ1v) is 11.0. The van der Waals surface area contributed by atoms with Crippen LogP contribution in [-0.2, 0) is 0 Å². The summed E-state index contributed by atoms with van der Waals surface area (Å²) in [5.41, 5.74) is 0. The van der Waals surface area contributed by atoms with Crippen molar-refractivity contribution in [3.63, 3.8) is 0 Å². The van der Waals surface area contributed by atoms with Crippen LogP contribution in [0.4, 0.5) is 0 Å². The lowest BCUT2D eigenvalue weighted by Gasteiger charge is -2.11. The van der Waals surface area contributed by atoms with Crippen LogP contribution in [0.3, 0.4) is 0 Å². The molecule has 0 heterocycles. The number of rotatable bonds is 18. The molecule has 0 saturated heterocycles. The fraction of sp³-hybridized carbons (Fsp3) is 0.913. The normalized spacial score (nSPS) is 11.8. The van der Waals surface area contributed by atoms with Crippen molar-refractivity contribution >= 4 is 0 Å². The van der Waals surface area contributed by atoms with Crippen LogP contribution in [0.15, 0.2) is 12.2 Å². The minimum Gasteiger partial charge on any atom is -0.0885 e. The molecule has 0 N–H and O–H groups in total. The predicted molar refractivity (Wildman–Crippen MR) is 108 cm³/mol. The highest BCUT2D eigenvalue weighted by Gasteiger charge is 2.02. The molecule has 0 aromatic rings. The molecule has 0 heteroatoms. The molecule has 0 spiro atoms. The summed E-state index contributed by atoms with van der Waals surface area (Å²) in [4.78, 5) is 0. The molecule has 0 bridgehead atoms. The topological polar surface area (TPSA) is 0 Å². The smallest absolute Gasteiger partial charge is 0.0351 e. The minimum absolute atomic E-state index is 0.992. The van der Waals surface area contributed by atoms with E-state index < -0.39 is 0 Å². The van der Waals surface area contributed by atoms with Gasteiger partial charge in [-0.15, -0.1) is 0 Å². The second kappa shape index (κ2) is 19.8. The number of hydrogen-bond donors (Lipinski definition) is 0. The van der Waals surface area contributed by atoms with E-state index in [0.29, 0.717) is 0 Å². The minimum atomic E-state index is 0.992. The summed E-state index contributed by atoms with van der Waals surface area (Å²) in [6.45, 7) is 6.97. The van der Waals surface area contributed by atoms with Gasteiger partial charge in [0.2, 0.25) is 0 Å². The Balaban J connectivity index is 3.13. The van der Waals surface area contributed by atoms with Crippen LogP contribution in [0.1, 0.15) is 130 Å². The maximum absolute atomic E-state index is 2.43. The van der Waals surface area contributed by atoms with Gasteiger partial charge in [0.15, 0.2) is 0 Å². The zero-order valence-corrected chi connectivity index (χ0v) is 16.8. The molecule has 0 fully saturated rings. The molecular formula is C23H46. The SMILES string of the molecule is CCCCCCCC/C=C/CCCCCCCCC(CC)CC. The Morgan fingerprint density at radius 1 is 0.522 bits per heavy atom. The fourth-order valence-electron chi connectivity index (χ4n) is 3.38. The zero-order valence-electron chi connectivity index (χ0n) is 16.8. The standard InChI is InChI=1S/C23H46/c1-4-7-8-9-10-11-12-13-14-15-16-17-18-19-20-21-22-23(5-2)6-3/h13-14,23H,4-12,15-22H2,1-3H3/b14-13+. The van der Waals surface area contributed by atoms with Crippen molar-refractivity contribution in [3.8, 4) is 0 Å². The summed E-state index contributed by atoms with van der Waals surface area (Å²) in [7, 11) is 0. The highest BCUT2D eigenvalue weighted by molar-refractivity contribution is 4.81. The molecule has 0 saturated carbocycles. The van der Waals surface area contributed by atoms with Crippen LogP contribution in [0.25, 0.3) is 0 Å². The third-order valence-corrected chi connectivity index (χ3v) is 5.28. The Morgan fingerprint density at radius 2 is 0.957 bits per heavy atom. The maximum Gasteiger partial charge on any atom is -0.0351 e. The van der Waals surface area contributed by atoms with E-state index in [4.69, 9.17) is 0 Å². The van der Waals surface area contributed by atoms with Crippen molar-refractivity contribution in [2.45, 2.75) is 130 Å². The Morgan fingerprint density at radius 3 is 1.43 bits per heavy atom. The van der Waals surface area contributed by atoms with Crippen LogP contribution in [0, 0.1) is 5.92 Å². The van der Waals surface area contributed by atoms with E-state index in [1.807, 2.05) is 0 Å². The molecule has 0 aromatic carbocycles. The van der Waals surface area contributed by atoms with Crippen molar-refractivity contribution < 1.29 is 0 Å². The van der Waals surface area contributed by atoms with E-state index in [1.165, 1.54) is 109 Å². The second-order valence-electron chi connectivity index (χ2n) is 7.41. The Labute approximate surface area is 148 Å². The quantitative estimate of drug-likeness (QED) is 0.174. The lowest BCUT2D eigenvalue weighted by Crippen LogP contribution is -1.96. The predicted octanol–water partition coefficient (Wildman–Crippen LogP) is 8.85. The lowest BCUT2D eigenvalue weighted by atomic mass is 9.95. The third kappa shape index (κ3) is 17.9. The Hall–Kier alpha value is -0.260. The van der Waals surface area contributed by atoms with Crippen LogP contribution in [0.5, 0.6) is 0 Å². The highest BCUT2D eigenvalue weighted by atomic mass is 14.1. The van der Waals surface area contributed by atoms with Gasteiger partial charge in [-0.05, 0) is 31.6 Å². The molecule has 0 radical (unpaired) electrons. The largest absolute Gasteiger partial charge is 0.0885 e. The number of hydrogen-bond acceptors (Lipinski definition) is 0. The zero-order chi connectivity index (χ0) is 17.0. The molecule has 0 rings (SSSR count). The van der Waals surface area contributed by atoms with Gasteiger partial charge in [0.25, 0.3) is 0 Å². The van der Waals surface area contributed by atoms with E-state index in [1.54, 1.807) is 0 Å². The molecule has 0 nitrogen and oxygen atoms in total. The average Bonchev–Trinajstić information content (AvgIpc) is 2.58. The number of allylic oxidation sites excluding steroid dienone is 2. The Bertz CT molecular complexity index is 224. The third-order valence-electron chi connectivity index (χ3n) is 5.28. The molecule has 0 aromatic heterocycles. The molecule has 0 unspecified atom stereocenters. The first-order chi connectivity index (χ1) is 11.3. The monoisotopic (exact) mass is 322 g/mol. The molecule has 0 aliphatic rings. The summed E-state index contributed by atoms with van der Waals surface area (Å²) in [5, 5.41) is 0. The summed E-state index contributed by atoms with van der Waals surface area (Å²) in [6, 6.07) is 0. The van der Waals surface area contributed by atoms with Crippen LogP contribution < -0.4 is 0 Å². The van der Waals surface area contributed by atoms with Crippen molar-refractivity contribution in [1.82, 2.24) is 0 Å². The van der Waals surface area contributed by atoms with Crippen molar-refractivity contribution in [3.05, 3.63) is 12.2 Å². The van der Waals surface area contributed by atoms with Crippen molar-refractivity contribution in [2.75, 3.05) is 0 Å². The first kappa shape index (κ1) is 22.7. The Kier molecular flexibility index (Phi) is 19.6. The van der Waals surface area contributed by atoms with E-state index in [9.17, 15) is 0 Å². The van der Waals surface area contributed by atoms with Crippen LogP contribution in [0.2, 0.25) is 0 Å². The van der Waals surface area contributed by atoms with Gasteiger partial charge in [0, 0.05) is 0 Å². The summed E-state index contributed by atoms with van der Waals surface area (Å²) in [6.07, 6.45) is 28.9. The molecule has 0 amide bonds. The van der Waals surface area contributed by atoms with E-state index in [2.05, 4.69) is 32.9 Å². The lowest BCUT2D eigenvalue weighted by molar-refractivity contribution is 0.426. The molecule has 0 aliphatic heterocycles. The van der Waals surface area contributed by atoms with Crippen molar-refractivity contribution in [2.24, 2.45) is 5.92 Å². The van der Waals surface area contributed by atoms with Gasteiger partial charge in [0.1, 0.15) is 0 Å². The van der Waals surface area contributed by atoms with Gasteiger partial charge in [-0.1, -0.05) is 116 Å². The summed E-state index contributed by atoms with van der Waals surface area (Å²) in [5.74, 6) is 0.992. The molecule has 0 atom stereocenters. The molecule has 138 valence electrons. The highest BCUT2D eigenvalue weighted by Crippen LogP contribution is 2.17. The van der Waals surface area contributed by atoms with Gasteiger partial charge in [-0.25, -0.2) is 0 Å². The number of unbranched alkanes of at least 4 members (excludes halogenated alkanes) is 12. The van der Waals surface area contributed by atoms with Crippen molar-refractivity contribution in [1.29, 1.82) is 0 Å². The summed E-state index contributed by atoms with van der Waals surface area (Å²) >= 11 is 0. The maximum atomic E-state index is 2.43. The molecular weight excluding hydrogens is 276 g/mol. The second-order valence-corrected chi connectivity index (χ2v) is 7.41. The first-order valence-electron chi connectivity index (χ1n) is 11.0. The summed E-state index contributed by atoms with van der Waals surface area (Å²) < 4.78 is 0. The van der Waals surface area contributed by atoms with Gasteiger partial charge in [0.05, 0.1) is 0 Å². The van der Waals surface area contributed by atoms with E-state index in [-0.39, 0.29) is 0 Å². The fourth-order valence-corrected chi connectivity index (χ4v) is 3.38. The molecule has 0 aliphatic carbocycles.